The van der Waals surface area contributed by atoms with E-state index in [-0.39, 0.29) is 24.7 Å². The van der Waals surface area contributed by atoms with Gasteiger partial charge in [0, 0.05) is 19.4 Å². The van der Waals surface area contributed by atoms with Crippen LogP contribution in [-0.4, -0.2) is 23.5 Å². The zero-order valence-electron chi connectivity index (χ0n) is 11.5. The Hall–Kier alpha value is -1.84. The smallest absolute Gasteiger partial charge is 0.303 e. The number of amides is 1. The third kappa shape index (κ3) is 6.04. The monoisotopic (exact) mass is 263 g/mol. The fourth-order valence-corrected chi connectivity index (χ4v) is 1.99. The van der Waals surface area contributed by atoms with Gasteiger partial charge in [0.05, 0.1) is 0 Å². The van der Waals surface area contributed by atoms with Crippen molar-refractivity contribution in [1.29, 1.82) is 0 Å². The summed E-state index contributed by atoms with van der Waals surface area (Å²) in [7, 11) is 0. The molecule has 1 amide bonds. The van der Waals surface area contributed by atoms with Crippen LogP contribution in [0.2, 0.25) is 0 Å². The summed E-state index contributed by atoms with van der Waals surface area (Å²) in [5, 5.41) is 11.5. The van der Waals surface area contributed by atoms with E-state index in [1.165, 1.54) is 11.1 Å². The van der Waals surface area contributed by atoms with Crippen LogP contribution in [0, 0.1) is 12.8 Å². The summed E-state index contributed by atoms with van der Waals surface area (Å²) < 4.78 is 0. The molecule has 1 aromatic rings. The lowest BCUT2D eigenvalue weighted by Gasteiger charge is -2.10. The average molecular weight is 263 g/mol. The number of hydrogen-bond acceptors (Lipinski definition) is 2. The molecule has 104 valence electrons. The minimum absolute atomic E-state index is 0.0329. The molecule has 19 heavy (non-hydrogen) atoms. The topological polar surface area (TPSA) is 66.4 Å². The van der Waals surface area contributed by atoms with Crippen molar-refractivity contribution in [3.05, 3.63) is 35.4 Å². The molecule has 4 nitrogen and oxygen atoms in total. The van der Waals surface area contributed by atoms with Crippen LogP contribution in [0.15, 0.2) is 24.3 Å². The average Bonchev–Trinajstić information content (AvgIpc) is 2.30. The van der Waals surface area contributed by atoms with Gasteiger partial charge in [-0.2, -0.15) is 0 Å². The minimum atomic E-state index is -0.861. The maximum Gasteiger partial charge on any atom is 0.303 e. The van der Waals surface area contributed by atoms with E-state index in [4.69, 9.17) is 5.11 Å². The number of aryl methyl sites for hydroxylation is 1. The van der Waals surface area contributed by atoms with Gasteiger partial charge in [0.1, 0.15) is 0 Å². The molecule has 0 aliphatic rings. The molecule has 0 saturated heterocycles. The quantitative estimate of drug-likeness (QED) is 0.792. The standard InChI is InChI=1S/C15H21NO3/c1-11(10-15(18)19)9-14(17)16-8-7-13-6-4-3-5-12(13)2/h3-6,11H,7-10H2,1-2H3,(H,16,17)(H,18,19). The summed E-state index contributed by atoms with van der Waals surface area (Å²) in [6, 6.07) is 8.07. The number of carboxylic acids is 1. The van der Waals surface area contributed by atoms with E-state index < -0.39 is 5.97 Å². The third-order valence-corrected chi connectivity index (χ3v) is 3.03. The Balaban J connectivity index is 2.28. The molecule has 0 heterocycles. The molecule has 1 aromatic carbocycles. The molecule has 2 N–H and O–H groups in total. The van der Waals surface area contributed by atoms with Gasteiger partial charge >= 0.3 is 5.97 Å². The van der Waals surface area contributed by atoms with Crippen LogP contribution in [0.25, 0.3) is 0 Å². The lowest BCUT2D eigenvalue weighted by atomic mass is 10.0. The molecule has 0 aliphatic heterocycles. The second kappa shape index (κ2) is 7.56. The summed E-state index contributed by atoms with van der Waals surface area (Å²) in [5.41, 5.74) is 2.44. The normalized spacial score (nSPS) is 11.9. The van der Waals surface area contributed by atoms with Crippen molar-refractivity contribution in [3.63, 3.8) is 0 Å². The van der Waals surface area contributed by atoms with E-state index in [9.17, 15) is 9.59 Å². The summed E-state index contributed by atoms with van der Waals surface area (Å²) in [6.07, 6.45) is 1.09. The van der Waals surface area contributed by atoms with Gasteiger partial charge in [-0.3, -0.25) is 9.59 Å². The van der Waals surface area contributed by atoms with Crippen LogP contribution < -0.4 is 5.32 Å². The van der Waals surface area contributed by atoms with E-state index in [0.717, 1.165) is 6.42 Å². The Morgan fingerprint density at radius 1 is 1.26 bits per heavy atom. The highest BCUT2D eigenvalue weighted by atomic mass is 16.4. The molecule has 0 radical (unpaired) electrons. The highest BCUT2D eigenvalue weighted by Crippen LogP contribution is 2.08. The molecule has 0 aliphatic carbocycles. The van der Waals surface area contributed by atoms with Crippen molar-refractivity contribution in [3.8, 4) is 0 Å². The Labute approximate surface area is 113 Å². The van der Waals surface area contributed by atoms with Crippen LogP contribution >= 0.6 is 0 Å². The van der Waals surface area contributed by atoms with E-state index in [1.807, 2.05) is 25.1 Å². The Kier molecular flexibility index (Phi) is 6.06. The number of carbonyl (C=O) groups is 2. The van der Waals surface area contributed by atoms with Crippen LogP contribution in [0.1, 0.15) is 30.9 Å². The van der Waals surface area contributed by atoms with Gasteiger partial charge in [-0.15, -0.1) is 0 Å². The fourth-order valence-electron chi connectivity index (χ4n) is 1.99. The first-order valence-corrected chi connectivity index (χ1v) is 6.52. The molecule has 0 bridgehead atoms. The second-order valence-electron chi connectivity index (χ2n) is 4.93. The summed E-state index contributed by atoms with van der Waals surface area (Å²) in [6.45, 7) is 4.41. The molecule has 0 saturated carbocycles. The van der Waals surface area contributed by atoms with E-state index in [1.54, 1.807) is 6.92 Å². The van der Waals surface area contributed by atoms with Crippen LogP contribution in [0.4, 0.5) is 0 Å². The van der Waals surface area contributed by atoms with Crippen molar-refractivity contribution in [2.75, 3.05) is 6.54 Å². The van der Waals surface area contributed by atoms with E-state index in [2.05, 4.69) is 11.4 Å². The molecule has 1 unspecified atom stereocenters. The number of carbonyl (C=O) groups excluding carboxylic acids is 1. The molecule has 0 fully saturated rings. The number of benzene rings is 1. The zero-order valence-corrected chi connectivity index (χ0v) is 11.5. The molecule has 0 aromatic heterocycles. The maximum absolute atomic E-state index is 11.6. The molecule has 1 rings (SSSR count). The van der Waals surface area contributed by atoms with Gasteiger partial charge in [-0.1, -0.05) is 31.2 Å². The first-order valence-electron chi connectivity index (χ1n) is 6.52. The van der Waals surface area contributed by atoms with Gasteiger partial charge in [-0.05, 0) is 30.4 Å². The minimum Gasteiger partial charge on any atom is -0.481 e. The number of hydrogen-bond donors (Lipinski definition) is 2. The van der Waals surface area contributed by atoms with Crippen LogP contribution in [0.3, 0.4) is 0 Å². The largest absolute Gasteiger partial charge is 0.481 e. The number of rotatable bonds is 7. The first-order chi connectivity index (χ1) is 8.99. The molecular formula is C15H21NO3. The SMILES string of the molecule is Cc1ccccc1CCNC(=O)CC(C)CC(=O)O. The van der Waals surface area contributed by atoms with E-state index in [0.29, 0.717) is 6.54 Å². The van der Waals surface area contributed by atoms with Crippen LogP contribution in [-0.2, 0) is 16.0 Å². The number of aliphatic carboxylic acids is 1. The Morgan fingerprint density at radius 2 is 1.95 bits per heavy atom. The van der Waals surface area contributed by atoms with Gasteiger partial charge in [-0.25, -0.2) is 0 Å². The highest BCUT2D eigenvalue weighted by Gasteiger charge is 2.12. The highest BCUT2D eigenvalue weighted by molar-refractivity contribution is 5.77. The Bertz CT molecular complexity index is 443. The number of nitrogens with one attached hydrogen (secondary N) is 1. The van der Waals surface area contributed by atoms with Crippen molar-refractivity contribution in [2.24, 2.45) is 5.92 Å². The van der Waals surface area contributed by atoms with Crippen molar-refractivity contribution in [1.82, 2.24) is 5.32 Å². The van der Waals surface area contributed by atoms with Gasteiger partial charge in [0.25, 0.3) is 0 Å². The van der Waals surface area contributed by atoms with Crippen molar-refractivity contribution in [2.45, 2.75) is 33.1 Å². The Morgan fingerprint density at radius 3 is 2.58 bits per heavy atom. The fraction of sp³-hybridized carbons (Fsp3) is 0.467. The molecule has 0 spiro atoms. The van der Waals surface area contributed by atoms with Gasteiger partial charge in [0.2, 0.25) is 5.91 Å². The van der Waals surface area contributed by atoms with Crippen molar-refractivity contribution >= 4 is 11.9 Å². The van der Waals surface area contributed by atoms with Gasteiger partial charge < -0.3 is 10.4 Å². The predicted molar refractivity (Wildman–Crippen MR) is 73.9 cm³/mol. The summed E-state index contributed by atoms with van der Waals surface area (Å²) in [4.78, 5) is 22.1. The first kappa shape index (κ1) is 15.2. The third-order valence-electron chi connectivity index (χ3n) is 3.03. The zero-order chi connectivity index (χ0) is 14.3. The second-order valence-corrected chi connectivity index (χ2v) is 4.93. The van der Waals surface area contributed by atoms with Crippen molar-refractivity contribution < 1.29 is 14.7 Å². The van der Waals surface area contributed by atoms with E-state index >= 15 is 0 Å². The summed E-state index contributed by atoms with van der Waals surface area (Å²) in [5.74, 6) is -1.07. The molecular weight excluding hydrogens is 242 g/mol. The lowest BCUT2D eigenvalue weighted by Crippen LogP contribution is -2.27. The van der Waals surface area contributed by atoms with Gasteiger partial charge in [0.15, 0.2) is 0 Å². The predicted octanol–water partition coefficient (Wildman–Crippen LogP) is 2.15. The molecule has 4 heteroatoms. The lowest BCUT2D eigenvalue weighted by molar-refractivity contribution is -0.138. The maximum atomic E-state index is 11.6. The number of carboxylic acid groups (broad SMARTS) is 1. The summed E-state index contributed by atoms with van der Waals surface area (Å²) >= 11 is 0. The van der Waals surface area contributed by atoms with Crippen LogP contribution in [0.5, 0.6) is 0 Å². The molecule has 1 atom stereocenters.